The van der Waals surface area contributed by atoms with Crippen LogP contribution in [0.25, 0.3) is 11.1 Å². The van der Waals surface area contributed by atoms with Gasteiger partial charge in [0.05, 0.1) is 24.9 Å². The van der Waals surface area contributed by atoms with Crippen molar-refractivity contribution in [1.82, 2.24) is 9.55 Å². The molecule has 2 aromatic heterocycles. The summed E-state index contributed by atoms with van der Waals surface area (Å²) in [6.07, 6.45) is 2.56. The first-order valence-electron chi connectivity index (χ1n) is 8.62. The number of nitrogens with zero attached hydrogens (tertiary/aromatic N) is 2. The van der Waals surface area contributed by atoms with Gasteiger partial charge in [-0.05, 0) is 43.2 Å². The number of amides is 1. The normalized spacial score (nSPS) is 10.7. The summed E-state index contributed by atoms with van der Waals surface area (Å²) in [5.41, 5.74) is 11.1. The summed E-state index contributed by atoms with van der Waals surface area (Å²) in [5.74, 6) is 0.361. The van der Waals surface area contributed by atoms with Gasteiger partial charge in [-0.1, -0.05) is 25.1 Å². The maximum absolute atomic E-state index is 12.2. The molecule has 134 valence electrons. The summed E-state index contributed by atoms with van der Waals surface area (Å²) in [4.78, 5) is 16.7. The minimum atomic E-state index is -0.414. The lowest BCUT2D eigenvalue weighted by atomic mass is 9.98. The molecular formula is C21H23N3O2. The number of aromatic nitrogens is 2. The standard InChI is InChI=1S/C21H23N3O2/c1-4-18-20(15-8-10-17(26-3)11-9-15)19(21(22)25)14(2)24(18)13-16-7-5-6-12-23-16/h5-12H,4,13H2,1-3H3,(H2,22,25). The molecule has 0 aliphatic rings. The summed E-state index contributed by atoms with van der Waals surface area (Å²) in [5, 5.41) is 0. The second-order valence-electron chi connectivity index (χ2n) is 6.14. The third kappa shape index (κ3) is 3.20. The Balaban J connectivity index is 2.18. The number of benzene rings is 1. The summed E-state index contributed by atoms with van der Waals surface area (Å²) in [7, 11) is 1.63. The van der Waals surface area contributed by atoms with E-state index in [1.807, 2.05) is 49.4 Å². The molecule has 3 rings (SSSR count). The van der Waals surface area contributed by atoms with Crippen molar-refractivity contribution in [3.05, 3.63) is 71.3 Å². The third-order valence-electron chi connectivity index (χ3n) is 4.64. The van der Waals surface area contributed by atoms with Crippen molar-refractivity contribution in [2.75, 3.05) is 7.11 Å². The topological polar surface area (TPSA) is 70.1 Å². The fourth-order valence-electron chi connectivity index (χ4n) is 3.40. The Morgan fingerprint density at radius 2 is 1.92 bits per heavy atom. The fraction of sp³-hybridized carbons (Fsp3) is 0.238. The summed E-state index contributed by atoms with van der Waals surface area (Å²) >= 11 is 0. The molecule has 2 heterocycles. The van der Waals surface area contributed by atoms with E-state index in [1.165, 1.54) is 0 Å². The first-order valence-corrected chi connectivity index (χ1v) is 8.62. The molecule has 0 bridgehead atoms. The van der Waals surface area contributed by atoms with Gasteiger partial charge in [-0.15, -0.1) is 0 Å². The highest BCUT2D eigenvalue weighted by atomic mass is 16.5. The Hall–Kier alpha value is -3.08. The highest BCUT2D eigenvalue weighted by Crippen LogP contribution is 2.34. The second-order valence-corrected chi connectivity index (χ2v) is 6.14. The molecule has 1 aromatic carbocycles. The Labute approximate surface area is 153 Å². The molecule has 5 nitrogen and oxygen atoms in total. The molecule has 0 aliphatic heterocycles. The number of hydrogen-bond donors (Lipinski definition) is 1. The maximum atomic E-state index is 12.2. The molecule has 0 unspecified atom stereocenters. The van der Waals surface area contributed by atoms with Gasteiger partial charge in [-0.2, -0.15) is 0 Å². The van der Waals surface area contributed by atoms with Crippen molar-refractivity contribution in [2.45, 2.75) is 26.8 Å². The number of pyridine rings is 1. The van der Waals surface area contributed by atoms with Crippen LogP contribution in [0.4, 0.5) is 0 Å². The maximum Gasteiger partial charge on any atom is 0.251 e. The molecule has 0 fully saturated rings. The van der Waals surface area contributed by atoms with Gasteiger partial charge >= 0.3 is 0 Å². The van der Waals surface area contributed by atoms with Gasteiger partial charge in [0, 0.05) is 23.1 Å². The third-order valence-corrected chi connectivity index (χ3v) is 4.64. The molecule has 2 N–H and O–H groups in total. The monoisotopic (exact) mass is 349 g/mol. The SMILES string of the molecule is CCc1c(-c2ccc(OC)cc2)c(C(N)=O)c(C)n1Cc1ccccn1. The average molecular weight is 349 g/mol. The Kier molecular flexibility index (Phi) is 5.07. The molecule has 0 saturated heterocycles. The van der Waals surface area contributed by atoms with Crippen LogP contribution in [0.2, 0.25) is 0 Å². The average Bonchev–Trinajstić information content (AvgIpc) is 2.94. The fourth-order valence-corrected chi connectivity index (χ4v) is 3.40. The highest BCUT2D eigenvalue weighted by Gasteiger charge is 2.24. The summed E-state index contributed by atoms with van der Waals surface area (Å²) in [6, 6.07) is 13.6. The van der Waals surface area contributed by atoms with E-state index in [0.29, 0.717) is 12.1 Å². The van der Waals surface area contributed by atoms with E-state index >= 15 is 0 Å². The van der Waals surface area contributed by atoms with Gasteiger partial charge in [0.2, 0.25) is 0 Å². The second kappa shape index (κ2) is 7.44. The van der Waals surface area contributed by atoms with Crippen LogP contribution in [0, 0.1) is 6.92 Å². The van der Waals surface area contributed by atoms with E-state index in [4.69, 9.17) is 10.5 Å². The molecule has 0 aliphatic carbocycles. The summed E-state index contributed by atoms with van der Waals surface area (Å²) in [6.45, 7) is 4.63. The van der Waals surface area contributed by atoms with E-state index in [1.54, 1.807) is 13.3 Å². The number of ether oxygens (including phenoxy) is 1. The van der Waals surface area contributed by atoms with Crippen molar-refractivity contribution in [3.8, 4) is 16.9 Å². The van der Waals surface area contributed by atoms with E-state index in [2.05, 4.69) is 16.5 Å². The predicted molar refractivity (Wildman–Crippen MR) is 102 cm³/mol. The minimum absolute atomic E-state index is 0.414. The van der Waals surface area contributed by atoms with Gasteiger partial charge in [-0.3, -0.25) is 9.78 Å². The van der Waals surface area contributed by atoms with Crippen LogP contribution < -0.4 is 10.5 Å². The zero-order chi connectivity index (χ0) is 18.7. The molecular weight excluding hydrogens is 326 g/mol. The molecule has 5 heteroatoms. The lowest BCUT2D eigenvalue weighted by molar-refractivity contribution is 0.1000. The van der Waals surface area contributed by atoms with Crippen molar-refractivity contribution < 1.29 is 9.53 Å². The van der Waals surface area contributed by atoms with Crippen LogP contribution in [0.1, 0.15) is 34.4 Å². The molecule has 26 heavy (non-hydrogen) atoms. The molecule has 0 radical (unpaired) electrons. The van der Waals surface area contributed by atoms with Gasteiger partial charge in [0.15, 0.2) is 0 Å². The zero-order valence-electron chi connectivity index (χ0n) is 15.3. The van der Waals surface area contributed by atoms with Gasteiger partial charge in [-0.25, -0.2) is 0 Å². The summed E-state index contributed by atoms with van der Waals surface area (Å²) < 4.78 is 7.38. The highest BCUT2D eigenvalue weighted by molar-refractivity contribution is 6.02. The van der Waals surface area contributed by atoms with E-state index in [0.717, 1.165) is 40.4 Å². The Morgan fingerprint density at radius 3 is 2.46 bits per heavy atom. The molecule has 0 atom stereocenters. The number of carbonyl (C=O) groups is 1. The van der Waals surface area contributed by atoms with Gasteiger partial charge in [0.25, 0.3) is 5.91 Å². The number of hydrogen-bond acceptors (Lipinski definition) is 3. The van der Waals surface area contributed by atoms with Crippen LogP contribution in [-0.4, -0.2) is 22.6 Å². The van der Waals surface area contributed by atoms with Gasteiger partial charge in [0.1, 0.15) is 5.75 Å². The largest absolute Gasteiger partial charge is 0.497 e. The van der Waals surface area contributed by atoms with E-state index in [9.17, 15) is 4.79 Å². The first-order chi connectivity index (χ1) is 12.6. The van der Waals surface area contributed by atoms with Crippen molar-refractivity contribution in [3.63, 3.8) is 0 Å². The van der Waals surface area contributed by atoms with E-state index in [-0.39, 0.29) is 0 Å². The molecule has 0 saturated carbocycles. The van der Waals surface area contributed by atoms with Crippen LogP contribution in [0.3, 0.4) is 0 Å². The predicted octanol–water partition coefficient (Wildman–Crippen LogP) is 3.58. The van der Waals surface area contributed by atoms with E-state index < -0.39 is 5.91 Å². The molecule has 3 aromatic rings. The first kappa shape index (κ1) is 17.7. The number of rotatable bonds is 6. The van der Waals surface area contributed by atoms with Crippen LogP contribution >= 0.6 is 0 Å². The van der Waals surface area contributed by atoms with Crippen molar-refractivity contribution in [2.24, 2.45) is 5.73 Å². The molecule has 0 spiro atoms. The Morgan fingerprint density at radius 1 is 1.19 bits per heavy atom. The minimum Gasteiger partial charge on any atom is -0.497 e. The van der Waals surface area contributed by atoms with Crippen LogP contribution in [0.5, 0.6) is 5.75 Å². The number of nitrogens with two attached hydrogens (primary N) is 1. The zero-order valence-corrected chi connectivity index (χ0v) is 15.3. The Bertz CT molecular complexity index is 913. The van der Waals surface area contributed by atoms with Crippen molar-refractivity contribution in [1.29, 1.82) is 0 Å². The van der Waals surface area contributed by atoms with Crippen LogP contribution in [0.15, 0.2) is 48.7 Å². The molecule has 1 amide bonds. The van der Waals surface area contributed by atoms with Crippen molar-refractivity contribution >= 4 is 5.91 Å². The lowest BCUT2D eigenvalue weighted by Gasteiger charge is -2.11. The number of carbonyl (C=O) groups excluding carboxylic acids is 1. The van der Waals surface area contributed by atoms with Gasteiger partial charge < -0.3 is 15.0 Å². The quantitative estimate of drug-likeness (QED) is 0.739. The number of primary amides is 1. The lowest BCUT2D eigenvalue weighted by Crippen LogP contribution is -2.13. The number of methoxy groups -OCH3 is 1. The smallest absolute Gasteiger partial charge is 0.251 e. The van der Waals surface area contributed by atoms with Crippen LogP contribution in [-0.2, 0) is 13.0 Å².